The van der Waals surface area contributed by atoms with Crippen LogP contribution in [0.15, 0.2) is 0 Å². The fourth-order valence-corrected chi connectivity index (χ4v) is 5.39. The molecule has 0 N–H and O–H groups in total. The average molecular weight is 347 g/mol. The zero-order valence-electron chi connectivity index (χ0n) is 11.8. The molecule has 1 aliphatic rings. The van der Waals surface area contributed by atoms with Crippen molar-refractivity contribution in [3.63, 3.8) is 0 Å². The number of rotatable bonds is 7. The molecule has 2 atom stereocenters. The number of carbonyl (C=O) groups is 1. The normalized spacial score (nSPS) is 25.6. The van der Waals surface area contributed by atoms with Crippen molar-refractivity contribution in [3.05, 3.63) is 0 Å². The molecule has 0 spiro atoms. The molecule has 9 heteroatoms. The summed E-state index contributed by atoms with van der Waals surface area (Å²) in [5, 5.41) is 0. The molecule has 0 aromatic carbocycles. The minimum absolute atomic E-state index is 0.239. The monoisotopic (exact) mass is 346 g/mol. The standard InChI is InChI=1S/C11H21Cl2N2O4P/c1-10(11(16)18-2)15(8-5-13)20(17)14(7-4-12)6-3-9-19-20/h10H,3-9H2,1-2H3/t10-,20+/m0/s1. The largest absolute Gasteiger partial charge is 0.468 e. The highest BCUT2D eigenvalue weighted by molar-refractivity contribution is 7.54. The number of ether oxygens (including phenoxy) is 1. The third kappa shape index (κ3) is 4.09. The molecule has 1 rings (SSSR count). The van der Waals surface area contributed by atoms with E-state index >= 15 is 0 Å². The highest BCUT2D eigenvalue weighted by atomic mass is 35.5. The van der Waals surface area contributed by atoms with Crippen molar-refractivity contribution in [3.8, 4) is 0 Å². The molecule has 6 nitrogen and oxygen atoms in total. The van der Waals surface area contributed by atoms with E-state index in [-0.39, 0.29) is 12.4 Å². The van der Waals surface area contributed by atoms with Crippen molar-refractivity contribution in [1.82, 2.24) is 9.34 Å². The second-order valence-corrected chi connectivity index (χ2v) is 7.45. The first-order valence-corrected chi connectivity index (χ1v) is 9.08. The van der Waals surface area contributed by atoms with Gasteiger partial charge in [0.05, 0.1) is 13.7 Å². The summed E-state index contributed by atoms with van der Waals surface area (Å²) in [6.07, 6.45) is 0.780. The Labute approximate surface area is 129 Å². The Morgan fingerprint density at radius 1 is 1.50 bits per heavy atom. The maximum atomic E-state index is 13.2. The third-order valence-corrected chi connectivity index (χ3v) is 6.32. The predicted octanol–water partition coefficient (Wildman–Crippen LogP) is 2.16. The van der Waals surface area contributed by atoms with Gasteiger partial charge in [0.25, 0.3) is 0 Å². The minimum Gasteiger partial charge on any atom is -0.468 e. The SMILES string of the molecule is COC(=O)[C@H](C)N(CCCl)[P@]1(=O)OCCCN1CCCl. The van der Waals surface area contributed by atoms with Crippen LogP contribution in [0.2, 0.25) is 0 Å². The van der Waals surface area contributed by atoms with E-state index in [0.717, 1.165) is 6.42 Å². The molecule has 1 saturated heterocycles. The van der Waals surface area contributed by atoms with E-state index in [1.54, 1.807) is 11.6 Å². The van der Waals surface area contributed by atoms with Crippen molar-refractivity contribution in [2.24, 2.45) is 0 Å². The molecule has 0 radical (unpaired) electrons. The number of nitrogens with zero attached hydrogens (tertiary/aromatic N) is 2. The first-order valence-electron chi connectivity index (χ1n) is 6.48. The number of esters is 1. The summed E-state index contributed by atoms with van der Waals surface area (Å²) in [5.41, 5.74) is 0. The minimum atomic E-state index is -3.29. The molecular formula is C11H21Cl2N2O4P. The van der Waals surface area contributed by atoms with Crippen LogP contribution in [0, 0.1) is 0 Å². The Kier molecular flexibility index (Phi) is 7.80. The first-order chi connectivity index (χ1) is 9.51. The van der Waals surface area contributed by atoms with Gasteiger partial charge in [0.1, 0.15) is 6.04 Å². The van der Waals surface area contributed by atoms with Crippen LogP contribution in [-0.2, 0) is 18.6 Å². The fourth-order valence-electron chi connectivity index (χ4n) is 2.13. The molecule has 20 heavy (non-hydrogen) atoms. The number of carbonyl (C=O) groups excluding carboxylic acids is 1. The van der Waals surface area contributed by atoms with E-state index in [1.165, 1.54) is 11.8 Å². The number of alkyl halides is 2. The Morgan fingerprint density at radius 3 is 2.75 bits per heavy atom. The van der Waals surface area contributed by atoms with E-state index in [9.17, 15) is 9.36 Å². The zero-order valence-corrected chi connectivity index (χ0v) is 14.2. The predicted molar refractivity (Wildman–Crippen MR) is 79.4 cm³/mol. The Bertz CT molecular complexity index is 370. The average Bonchev–Trinajstić information content (AvgIpc) is 2.45. The van der Waals surface area contributed by atoms with Crippen molar-refractivity contribution in [2.75, 3.05) is 45.1 Å². The molecule has 1 heterocycles. The van der Waals surface area contributed by atoms with E-state index < -0.39 is 19.7 Å². The van der Waals surface area contributed by atoms with Crippen LogP contribution in [0.3, 0.4) is 0 Å². The lowest BCUT2D eigenvalue weighted by atomic mass is 10.3. The van der Waals surface area contributed by atoms with E-state index in [2.05, 4.69) is 0 Å². The molecule has 0 amide bonds. The molecular weight excluding hydrogens is 326 g/mol. The smallest absolute Gasteiger partial charge is 0.346 e. The van der Waals surface area contributed by atoms with Crippen molar-refractivity contribution in [1.29, 1.82) is 0 Å². The summed E-state index contributed by atoms with van der Waals surface area (Å²) >= 11 is 11.5. The molecule has 118 valence electrons. The summed E-state index contributed by atoms with van der Waals surface area (Å²) < 4.78 is 26.7. The van der Waals surface area contributed by atoms with Gasteiger partial charge in [0.2, 0.25) is 0 Å². The van der Waals surface area contributed by atoms with Gasteiger partial charge < -0.3 is 9.26 Å². The third-order valence-electron chi connectivity index (χ3n) is 3.15. The topological polar surface area (TPSA) is 59.1 Å². The Morgan fingerprint density at radius 2 is 2.20 bits per heavy atom. The lowest BCUT2D eigenvalue weighted by Crippen LogP contribution is -2.45. The van der Waals surface area contributed by atoms with Gasteiger partial charge in [-0.3, -0.25) is 9.36 Å². The molecule has 0 aliphatic carbocycles. The van der Waals surface area contributed by atoms with E-state index in [1.807, 2.05) is 0 Å². The lowest BCUT2D eigenvalue weighted by molar-refractivity contribution is -0.144. The molecule has 0 unspecified atom stereocenters. The van der Waals surface area contributed by atoms with Gasteiger partial charge in [-0.15, -0.1) is 23.2 Å². The Balaban J connectivity index is 3.01. The van der Waals surface area contributed by atoms with Gasteiger partial charge >= 0.3 is 13.6 Å². The highest BCUT2D eigenvalue weighted by Gasteiger charge is 2.44. The van der Waals surface area contributed by atoms with Crippen LogP contribution < -0.4 is 0 Å². The molecule has 0 aromatic rings. The summed E-state index contributed by atoms with van der Waals surface area (Å²) in [6.45, 7) is 3.35. The molecule has 0 saturated carbocycles. The van der Waals surface area contributed by atoms with Crippen LogP contribution in [0.25, 0.3) is 0 Å². The molecule has 0 bridgehead atoms. The number of methoxy groups -OCH3 is 1. The maximum Gasteiger partial charge on any atom is 0.346 e. The van der Waals surface area contributed by atoms with Crippen molar-refractivity contribution < 1.29 is 18.6 Å². The van der Waals surface area contributed by atoms with Crippen LogP contribution in [0.4, 0.5) is 0 Å². The number of hydrogen-bond acceptors (Lipinski definition) is 4. The maximum absolute atomic E-state index is 13.2. The molecule has 1 aliphatic heterocycles. The number of halogens is 2. The van der Waals surface area contributed by atoms with E-state index in [0.29, 0.717) is 25.6 Å². The summed E-state index contributed by atoms with van der Waals surface area (Å²) in [5.74, 6) is 0.114. The van der Waals surface area contributed by atoms with Gasteiger partial charge in [-0.2, -0.15) is 0 Å². The van der Waals surface area contributed by atoms with Crippen LogP contribution in [-0.4, -0.2) is 66.5 Å². The second-order valence-electron chi connectivity index (χ2n) is 4.37. The Hall–Kier alpha value is 0.160. The van der Waals surface area contributed by atoms with Crippen LogP contribution >= 0.6 is 30.9 Å². The summed E-state index contributed by atoms with van der Waals surface area (Å²) in [7, 11) is -2.00. The van der Waals surface area contributed by atoms with Crippen LogP contribution in [0.5, 0.6) is 0 Å². The van der Waals surface area contributed by atoms with Gasteiger partial charge in [-0.25, -0.2) is 9.34 Å². The quantitative estimate of drug-likeness (QED) is 0.400. The van der Waals surface area contributed by atoms with Crippen LogP contribution in [0.1, 0.15) is 13.3 Å². The van der Waals surface area contributed by atoms with Crippen molar-refractivity contribution in [2.45, 2.75) is 19.4 Å². The molecule has 1 fully saturated rings. The summed E-state index contributed by atoms with van der Waals surface area (Å²) in [6, 6.07) is -0.694. The lowest BCUT2D eigenvalue weighted by Gasteiger charge is -2.42. The summed E-state index contributed by atoms with van der Waals surface area (Å²) in [4.78, 5) is 11.7. The first kappa shape index (κ1) is 18.2. The zero-order chi connectivity index (χ0) is 15.2. The highest BCUT2D eigenvalue weighted by Crippen LogP contribution is 2.57. The van der Waals surface area contributed by atoms with Gasteiger partial charge in [0, 0.05) is 31.4 Å². The van der Waals surface area contributed by atoms with Gasteiger partial charge in [0.15, 0.2) is 0 Å². The van der Waals surface area contributed by atoms with Crippen molar-refractivity contribution >= 4 is 36.8 Å². The van der Waals surface area contributed by atoms with Gasteiger partial charge in [-0.1, -0.05) is 0 Å². The van der Waals surface area contributed by atoms with Gasteiger partial charge in [-0.05, 0) is 13.3 Å². The second kappa shape index (κ2) is 8.57. The fraction of sp³-hybridized carbons (Fsp3) is 0.909. The van der Waals surface area contributed by atoms with E-state index in [4.69, 9.17) is 32.5 Å². The molecule has 0 aromatic heterocycles. The number of hydrogen-bond donors (Lipinski definition) is 0.